The van der Waals surface area contributed by atoms with Crippen LogP contribution < -0.4 is 0 Å². The summed E-state index contributed by atoms with van der Waals surface area (Å²) in [6, 6.07) is 14.3. The van der Waals surface area contributed by atoms with Crippen LogP contribution >= 0.6 is 11.8 Å². The van der Waals surface area contributed by atoms with Gasteiger partial charge in [0.1, 0.15) is 0 Å². The number of nitrogens with zero attached hydrogens (tertiary/aromatic N) is 3. The number of carbonyl (C=O) groups is 2. The number of carbonyl (C=O) groups excluding carboxylic acids is 2. The van der Waals surface area contributed by atoms with Crippen molar-refractivity contribution in [3.8, 4) is 0 Å². The molecule has 1 saturated carbocycles. The van der Waals surface area contributed by atoms with E-state index in [2.05, 4.69) is 24.5 Å². The molecule has 0 bridgehead atoms. The normalized spacial score (nSPS) is 13.5. The van der Waals surface area contributed by atoms with Crippen LogP contribution in [0.3, 0.4) is 0 Å². The van der Waals surface area contributed by atoms with Gasteiger partial charge in [-0.3, -0.25) is 9.59 Å². The van der Waals surface area contributed by atoms with Gasteiger partial charge in [-0.25, -0.2) is 0 Å². The maximum atomic E-state index is 13.1. The smallest absolute Gasteiger partial charge is 0.242 e. The second-order valence-electron chi connectivity index (χ2n) is 8.13. The van der Waals surface area contributed by atoms with Crippen LogP contribution in [0.5, 0.6) is 0 Å². The summed E-state index contributed by atoms with van der Waals surface area (Å²) in [5, 5.41) is 0. The second-order valence-corrected chi connectivity index (χ2v) is 9.18. The first-order valence-electron chi connectivity index (χ1n) is 10.3. The Hall–Kier alpha value is -2.21. The highest BCUT2D eigenvalue weighted by molar-refractivity contribution is 8.00. The minimum absolute atomic E-state index is 0.0236. The molecule has 2 amide bonds. The van der Waals surface area contributed by atoms with E-state index in [9.17, 15) is 9.59 Å². The lowest BCUT2D eigenvalue weighted by Gasteiger charge is -2.29. The topological polar surface area (TPSA) is 45.6 Å². The maximum Gasteiger partial charge on any atom is 0.242 e. The predicted molar refractivity (Wildman–Crippen MR) is 118 cm³/mol. The molecule has 6 heteroatoms. The van der Waals surface area contributed by atoms with Gasteiger partial charge in [0.05, 0.1) is 18.8 Å². The number of amides is 2. The van der Waals surface area contributed by atoms with Gasteiger partial charge in [0.2, 0.25) is 11.8 Å². The molecule has 156 valence electrons. The predicted octanol–water partition coefficient (Wildman–Crippen LogP) is 3.79. The minimum atomic E-state index is 0.0236. The maximum absolute atomic E-state index is 13.1. The van der Waals surface area contributed by atoms with Gasteiger partial charge in [0.15, 0.2) is 0 Å². The molecular weight excluding hydrogens is 382 g/mol. The van der Waals surface area contributed by atoms with Crippen LogP contribution in [0, 0.1) is 5.92 Å². The molecule has 1 fully saturated rings. The molecule has 3 rings (SSSR count). The molecule has 0 aliphatic heterocycles. The van der Waals surface area contributed by atoms with Crippen molar-refractivity contribution in [1.29, 1.82) is 0 Å². The van der Waals surface area contributed by atoms with Crippen LogP contribution in [0.2, 0.25) is 0 Å². The van der Waals surface area contributed by atoms with Crippen molar-refractivity contribution in [2.45, 2.75) is 44.2 Å². The van der Waals surface area contributed by atoms with Gasteiger partial charge in [-0.15, -0.1) is 11.8 Å². The molecule has 1 aliphatic rings. The summed E-state index contributed by atoms with van der Waals surface area (Å²) in [5.74, 6) is 0.740. The Kier molecular flexibility index (Phi) is 7.42. The van der Waals surface area contributed by atoms with Crippen molar-refractivity contribution in [2.75, 3.05) is 18.8 Å². The third-order valence-electron chi connectivity index (χ3n) is 5.06. The van der Waals surface area contributed by atoms with E-state index in [1.54, 1.807) is 4.90 Å². The average molecular weight is 414 g/mol. The quantitative estimate of drug-likeness (QED) is 0.557. The van der Waals surface area contributed by atoms with E-state index in [0.29, 0.717) is 30.8 Å². The van der Waals surface area contributed by atoms with Crippen LogP contribution in [-0.2, 0) is 23.2 Å². The van der Waals surface area contributed by atoms with Crippen LogP contribution in [-0.4, -0.2) is 51.1 Å². The molecular formula is C23H31N3O2S. The van der Waals surface area contributed by atoms with Crippen LogP contribution in [0.15, 0.2) is 53.6 Å². The number of aromatic nitrogens is 1. The first kappa shape index (κ1) is 21.5. The van der Waals surface area contributed by atoms with Gasteiger partial charge in [-0.1, -0.05) is 32.0 Å². The molecule has 1 aliphatic carbocycles. The van der Waals surface area contributed by atoms with E-state index >= 15 is 0 Å². The molecule has 0 N–H and O–H groups in total. The van der Waals surface area contributed by atoms with Gasteiger partial charge < -0.3 is 14.4 Å². The van der Waals surface area contributed by atoms with Crippen molar-refractivity contribution in [3.63, 3.8) is 0 Å². The highest BCUT2D eigenvalue weighted by Crippen LogP contribution is 2.29. The molecule has 0 atom stereocenters. The summed E-state index contributed by atoms with van der Waals surface area (Å²) < 4.78 is 2.05. The van der Waals surface area contributed by atoms with E-state index in [0.717, 1.165) is 23.4 Å². The Labute approximate surface area is 178 Å². The van der Waals surface area contributed by atoms with Crippen LogP contribution in [0.25, 0.3) is 0 Å². The third kappa shape index (κ3) is 6.39. The van der Waals surface area contributed by atoms with Crippen molar-refractivity contribution in [1.82, 2.24) is 14.4 Å². The second kappa shape index (κ2) is 10.0. The molecule has 0 saturated heterocycles. The Bertz CT molecular complexity index is 815. The fourth-order valence-corrected chi connectivity index (χ4v) is 4.17. The number of hydrogen-bond donors (Lipinski definition) is 0. The molecule has 0 radical (unpaired) electrons. The van der Waals surface area contributed by atoms with Crippen molar-refractivity contribution < 1.29 is 9.59 Å². The fraction of sp³-hybridized carbons (Fsp3) is 0.478. The zero-order chi connectivity index (χ0) is 20.8. The molecule has 1 heterocycles. The molecule has 1 aromatic heterocycles. The standard InChI is InChI=1S/C23H31N3O2S/c1-18(2)14-25(23(28)17-29-21-9-5-4-6-10-21)16-22(27)26(19-11-12-19)15-20-8-7-13-24(20)3/h4-10,13,18-19H,11-12,14-17H2,1-3H3. The molecule has 29 heavy (non-hydrogen) atoms. The molecule has 1 aromatic carbocycles. The van der Waals surface area contributed by atoms with E-state index in [4.69, 9.17) is 0 Å². The van der Waals surface area contributed by atoms with Crippen molar-refractivity contribution in [3.05, 3.63) is 54.4 Å². The molecule has 5 nitrogen and oxygen atoms in total. The number of hydrogen-bond acceptors (Lipinski definition) is 3. The average Bonchev–Trinajstić information content (AvgIpc) is 3.46. The van der Waals surface area contributed by atoms with Crippen molar-refractivity contribution in [2.24, 2.45) is 13.0 Å². The number of benzene rings is 1. The number of thioether (sulfide) groups is 1. The summed E-state index contributed by atoms with van der Waals surface area (Å²) in [7, 11) is 2.00. The van der Waals surface area contributed by atoms with E-state index in [-0.39, 0.29) is 18.4 Å². The SMILES string of the molecule is CC(C)CN(CC(=O)N(Cc1cccn1C)C1CC1)C(=O)CSc1ccccc1. The summed E-state index contributed by atoms with van der Waals surface area (Å²) >= 11 is 1.52. The Morgan fingerprint density at radius 3 is 2.41 bits per heavy atom. The largest absolute Gasteiger partial charge is 0.353 e. The Balaban J connectivity index is 1.63. The van der Waals surface area contributed by atoms with Gasteiger partial charge in [0, 0.05) is 36.4 Å². The first-order chi connectivity index (χ1) is 13.9. The van der Waals surface area contributed by atoms with E-state index < -0.39 is 0 Å². The van der Waals surface area contributed by atoms with Crippen LogP contribution in [0.1, 0.15) is 32.4 Å². The van der Waals surface area contributed by atoms with E-state index in [1.165, 1.54) is 11.8 Å². The van der Waals surface area contributed by atoms with E-state index in [1.807, 2.05) is 54.5 Å². The van der Waals surface area contributed by atoms with Gasteiger partial charge in [-0.2, -0.15) is 0 Å². The molecule has 2 aromatic rings. The summed E-state index contributed by atoms with van der Waals surface area (Å²) in [6.07, 6.45) is 4.11. The molecule has 0 spiro atoms. The lowest BCUT2D eigenvalue weighted by atomic mass is 10.2. The number of aryl methyl sites for hydroxylation is 1. The van der Waals surface area contributed by atoms with Gasteiger partial charge in [0.25, 0.3) is 0 Å². The van der Waals surface area contributed by atoms with Crippen LogP contribution in [0.4, 0.5) is 0 Å². The third-order valence-corrected chi connectivity index (χ3v) is 6.06. The number of rotatable bonds is 10. The highest BCUT2D eigenvalue weighted by atomic mass is 32.2. The first-order valence-corrected chi connectivity index (χ1v) is 11.3. The lowest BCUT2D eigenvalue weighted by molar-refractivity contribution is -0.140. The minimum Gasteiger partial charge on any atom is -0.353 e. The zero-order valence-corrected chi connectivity index (χ0v) is 18.4. The zero-order valence-electron chi connectivity index (χ0n) is 17.6. The monoisotopic (exact) mass is 413 g/mol. The lowest BCUT2D eigenvalue weighted by Crippen LogP contribution is -2.45. The summed E-state index contributed by atoms with van der Waals surface area (Å²) in [4.78, 5) is 30.8. The Morgan fingerprint density at radius 2 is 1.83 bits per heavy atom. The Morgan fingerprint density at radius 1 is 1.10 bits per heavy atom. The fourth-order valence-electron chi connectivity index (χ4n) is 3.34. The highest BCUT2D eigenvalue weighted by Gasteiger charge is 2.34. The van der Waals surface area contributed by atoms with Gasteiger partial charge >= 0.3 is 0 Å². The molecule has 0 unspecified atom stereocenters. The van der Waals surface area contributed by atoms with Crippen molar-refractivity contribution >= 4 is 23.6 Å². The van der Waals surface area contributed by atoms with Gasteiger partial charge in [-0.05, 0) is 43.0 Å². The summed E-state index contributed by atoms with van der Waals surface area (Å²) in [5.41, 5.74) is 1.12. The summed E-state index contributed by atoms with van der Waals surface area (Å²) in [6.45, 7) is 5.53.